The van der Waals surface area contributed by atoms with Crippen molar-refractivity contribution in [3.8, 4) is 0 Å². The number of nitrogen functional groups attached to an aromatic ring is 1. The molecule has 3 heteroatoms. The number of nitrogens with two attached hydrogens (primary N) is 1. The molecule has 92 valence electrons. The van der Waals surface area contributed by atoms with Gasteiger partial charge in [0.2, 0.25) is 0 Å². The molecule has 0 spiro atoms. The zero-order valence-corrected chi connectivity index (χ0v) is 10.8. The lowest BCUT2D eigenvalue weighted by Crippen LogP contribution is -2.13. The monoisotopic (exact) mass is 258 g/mol. The van der Waals surface area contributed by atoms with E-state index in [0.717, 1.165) is 12.8 Å². The van der Waals surface area contributed by atoms with Crippen molar-refractivity contribution in [2.45, 2.75) is 25.2 Å². The zero-order valence-electron chi connectivity index (χ0n) is 10.1. The highest BCUT2D eigenvalue weighted by atomic mass is 35.5. The number of fused-ring (bicyclic) bond motifs is 1. The van der Waals surface area contributed by atoms with Gasteiger partial charge in [0.25, 0.3) is 0 Å². The first kappa shape index (κ1) is 11.5. The number of rotatable bonds is 1. The highest BCUT2D eigenvalue weighted by molar-refractivity contribution is 6.33. The Morgan fingerprint density at radius 2 is 2.17 bits per heavy atom. The summed E-state index contributed by atoms with van der Waals surface area (Å²) in [4.78, 5) is 4.55. The number of hydrogen-bond donors (Lipinski definition) is 1. The van der Waals surface area contributed by atoms with Crippen molar-refractivity contribution < 1.29 is 0 Å². The molecule has 2 N–H and O–H groups in total. The predicted molar refractivity (Wildman–Crippen MR) is 74.9 cm³/mol. The van der Waals surface area contributed by atoms with Crippen LogP contribution >= 0.6 is 11.6 Å². The number of hydrogen-bond acceptors (Lipinski definition) is 2. The Morgan fingerprint density at radius 3 is 3.00 bits per heavy atom. The summed E-state index contributed by atoms with van der Waals surface area (Å²) in [5.74, 6) is 0.355. The molecular weight excluding hydrogens is 244 g/mol. The van der Waals surface area contributed by atoms with Gasteiger partial charge in [-0.2, -0.15) is 0 Å². The summed E-state index contributed by atoms with van der Waals surface area (Å²) in [5.41, 5.74) is 10.2. The van der Waals surface area contributed by atoms with E-state index in [9.17, 15) is 0 Å². The third-order valence-electron chi connectivity index (χ3n) is 3.62. The molecule has 1 aliphatic rings. The van der Waals surface area contributed by atoms with Crippen LogP contribution in [0.3, 0.4) is 0 Å². The molecule has 0 amide bonds. The molecule has 0 saturated carbocycles. The van der Waals surface area contributed by atoms with Crippen molar-refractivity contribution in [3.63, 3.8) is 0 Å². The van der Waals surface area contributed by atoms with Crippen LogP contribution in [0.4, 0.5) is 5.69 Å². The van der Waals surface area contributed by atoms with E-state index in [4.69, 9.17) is 17.3 Å². The molecule has 18 heavy (non-hydrogen) atoms. The summed E-state index contributed by atoms with van der Waals surface area (Å²) >= 11 is 6.11. The number of halogens is 1. The molecule has 0 saturated heterocycles. The van der Waals surface area contributed by atoms with Crippen LogP contribution in [0, 0.1) is 0 Å². The lowest BCUT2D eigenvalue weighted by Gasteiger charge is -2.24. The van der Waals surface area contributed by atoms with Crippen LogP contribution in [0.25, 0.3) is 0 Å². The van der Waals surface area contributed by atoms with Gasteiger partial charge in [0.05, 0.1) is 16.4 Å². The second kappa shape index (κ2) is 4.62. The number of benzene rings is 1. The molecule has 1 aliphatic carbocycles. The van der Waals surface area contributed by atoms with Crippen LogP contribution in [0.2, 0.25) is 5.02 Å². The fourth-order valence-corrected chi connectivity index (χ4v) is 2.88. The van der Waals surface area contributed by atoms with E-state index in [1.807, 2.05) is 24.4 Å². The first-order valence-corrected chi connectivity index (χ1v) is 6.62. The Balaban J connectivity index is 2.05. The van der Waals surface area contributed by atoms with Gasteiger partial charge in [-0.05, 0) is 48.6 Å². The quantitative estimate of drug-likeness (QED) is 0.791. The van der Waals surface area contributed by atoms with Crippen molar-refractivity contribution in [1.82, 2.24) is 4.98 Å². The standard InChI is InChI=1S/C15H15ClN2/c16-13-9-11(6-7-14(13)17)12-5-1-3-10-4-2-8-18-15(10)12/h2,4,6-9,12H,1,3,5,17H2. The van der Waals surface area contributed by atoms with Gasteiger partial charge in [0.15, 0.2) is 0 Å². The van der Waals surface area contributed by atoms with E-state index in [-0.39, 0.29) is 0 Å². The van der Waals surface area contributed by atoms with Crippen molar-refractivity contribution in [2.24, 2.45) is 0 Å². The van der Waals surface area contributed by atoms with E-state index in [1.165, 1.54) is 23.2 Å². The van der Waals surface area contributed by atoms with Crippen LogP contribution in [0.15, 0.2) is 36.5 Å². The van der Waals surface area contributed by atoms with Gasteiger partial charge >= 0.3 is 0 Å². The average molecular weight is 259 g/mol. The molecule has 2 nitrogen and oxygen atoms in total. The second-order valence-electron chi connectivity index (χ2n) is 4.77. The summed E-state index contributed by atoms with van der Waals surface area (Å²) in [6, 6.07) is 10.1. The van der Waals surface area contributed by atoms with Crippen LogP contribution in [0.5, 0.6) is 0 Å². The molecule has 0 bridgehead atoms. The maximum Gasteiger partial charge on any atom is 0.0638 e. The first-order chi connectivity index (χ1) is 8.75. The molecule has 1 aromatic carbocycles. The van der Waals surface area contributed by atoms with Gasteiger partial charge < -0.3 is 5.73 Å². The summed E-state index contributed by atoms with van der Waals surface area (Å²) in [6.07, 6.45) is 5.33. The lowest BCUT2D eigenvalue weighted by molar-refractivity contribution is 0.599. The van der Waals surface area contributed by atoms with Gasteiger partial charge in [-0.15, -0.1) is 0 Å². The Hall–Kier alpha value is -1.54. The van der Waals surface area contributed by atoms with Crippen LogP contribution < -0.4 is 5.73 Å². The minimum Gasteiger partial charge on any atom is -0.398 e. The third kappa shape index (κ3) is 1.97. The normalized spacial score (nSPS) is 18.4. The number of aryl methyl sites for hydroxylation is 1. The van der Waals surface area contributed by atoms with Gasteiger partial charge in [-0.3, -0.25) is 4.98 Å². The summed E-state index contributed by atoms with van der Waals surface area (Å²) in [6.45, 7) is 0. The lowest BCUT2D eigenvalue weighted by atomic mass is 9.82. The average Bonchev–Trinajstić information content (AvgIpc) is 2.41. The third-order valence-corrected chi connectivity index (χ3v) is 3.95. The predicted octanol–water partition coefficient (Wildman–Crippen LogP) is 3.79. The number of nitrogens with zero attached hydrogens (tertiary/aromatic N) is 1. The fraction of sp³-hybridized carbons (Fsp3) is 0.267. The molecule has 1 unspecified atom stereocenters. The largest absolute Gasteiger partial charge is 0.398 e. The first-order valence-electron chi connectivity index (χ1n) is 6.24. The van der Waals surface area contributed by atoms with Crippen LogP contribution in [0.1, 0.15) is 35.6 Å². The molecule has 1 atom stereocenters. The Morgan fingerprint density at radius 1 is 1.28 bits per heavy atom. The molecule has 1 heterocycles. The van der Waals surface area contributed by atoms with E-state index in [0.29, 0.717) is 16.6 Å². The van der Waals surface area contributed by atoms with Crippen LogP contribution in [-0.4, -0.2) is 4.98 Å². The summed E-state index contributed by atoms with van der Waals surface area (Å²) in [7, 11) is 0. The minimum absolute atomic E-state index is 0.355. The molecule has 3 rings (SSSR count). The van der Waals surface area contributed by atoms with Gasteiger partial charge in [0, 0.05) is 12.1 Å². The van der Waals surface area contributed by atoms with Gasteiger partial charge in [-0.25, -0.2) is 0 Å². The van der Waals surface area contributed by atoms with E-state index in [2.05, 4.69) is 17.1 Å². The fourth-order valence-electron chi connectivity index (χ4n) is 2.69. The van der Waals surface area contributed by atoms with E-state index in [1.54, 1.807) is 0 Å². The molecule has 0 radical (unpaired) electrons. The van der Waals surface area contributed by atoms with Crippen molar-refractivity contribution in [3.05, 3.63) is 58.4 Å². The Bertz CT molecular complexity index is 580. The SMILES string of the molecule is Nc1ccc(C2CCCc3cccnc32)cc1Cl. The van der Waals surface area contributed by atoms with E-state index >= 15 is 0 Å². The molecule has 1 aromatic heterocycles. The van der Waals surface area contributed by atoms with Gasteiger partial charge in [-0.1, -0.05) is 23.7 Å². The highest BCUT2D eigenvalue weighted by Gasteiger charge is 2.23. The number of aromatic nitrogens is 1. The van der Waals surface area contributed by atoms with Crippen molar-refractivity contribution >= 4 is 17.3 Å². The molecular formula is C15H15ClN2. The Labute approximate surface area is 112 Å². The van der Waals surface area contributed by atoms with Crippen molar-refractivity contribution in [1.29, 1.82) is 0 Å². The summed E-state index contributed by atoms with van der Waals surface area (Å²) in [5, 5.41) is 0.635. The van der Waals surface area contributed by atoms with Crippen LogP contribution in [-0.2, 0) is 6.42 Å². The maximum atomic E-state index is 6.11. The smallest absolute Gasteiger partial charge is 0.0638 e. The van der Waals surface area contributed by atoms with E-state index < -0.39 is 0 Å². The molecule has 0 fully saturated rings. The zero-order chi connectivity index (χ0) is 12.5. The second-order valence-corrected chi connectivity index (χ2v) is 5.18. The molecule has 0 aliphatic heterocycles. The molecule has 2 aromatic rings. The summed E-state index contributed by atoms with van der Waals surface area (Å²) < 4.78 is 0. The topological polar surface area (TPSA) is 38.9 Å². The maximum absolute atomic E-state index is 6.11. The minimum atomic E-state index is 0.355. The van der Waals surface area contributed by atoms with Crippen molar-refractivity contribution in [2.75, 3.05) is 5.73 Å². The number of anilines is 1. The highest BCUT2D eigenvalue weighted by Crippen LogP contribution is 2.36. The Kier molecular flexibility index (Phi) is 2.96. The van der Waals surface area contributed by atoms with Gasteiger partial charge in [0.1, 0.15) is 0 Å². The number of pyridine rings is 1.